The Morgan fingerprint density at radius 3 is 2.74 bits per heavy atom. The molecule has 1 aliphatic heterocycles. The zero-order valence-electron chi connectivity index (χ0n) is 12.7. The standard InChI is InChI=1S/C17H32N2/c1-13-5-4-7-15(10-9-13)18-12-16-11-14-6-2-3-8-17(14)19-16/h13-19H,2-12H2,1H3. The predicted molar refractivity (Wildman–Crippen MR) is 81.3 cm³/mol. The fraction of sp³-hybridized carbons (Fsp3) is 1.00. The predicted octanol–water partition coefficient (Wildman–Crippen LogP) is 3.47. The lowest BCUT2D eigenvalue weighted by Crippen LogP contribution is -2.41. The van der Waals surface area contributed by atoms with E-state index >= 15 is 0 Å². The Hall–Kier alpha value is -0.0800. The van der Waals surface area contributed by atoms with Gasteiger partial charge in [0.25, 0.3) is 0 Å². The number of hydrogen-bond acceptors (Lipinski definition) is 2. The van der Waals surface area contributed by atoms with Crippen LogP contribution in [0, 0.1) is 11.8 Å². The molecule has 2 saturated carbocycles. The highest BCUT2D eigenvalue weighted by Gasteiger charge is 2.34. The van der Waals surface area contributed by atoms with Crippen LogP contribution in [0.2, 0.25) is 0 Å². The molecule has 5 unspecified atom stereocenters. The Bertz CT molecular complexity index is 264. The van der Waals surface area contributed by atoms with Crippen LogP contribution in [0.4, 0.5) is 0 Å². The Balaban J connectivity index is 1.40. The molecule has 2 N–H and O–H groups in total. The molecule has 2 nitrogen and oxygen atoms in total. The van der Waals surface area contributed by atoms with Crippen LogP contribution in [0.1, 0.15) is 71.1 Å². The van der Waals surface area contributed by atoms with Gasteiger partial charge in [-0.3, -0.25) is 0 Å². The largest absolute Gasteiger partial charge is 0.312 e. The minimum absolute atomic E-state index is 0.758. The quantitative estimate of drug-likeness (QED) is 0.763. The second-order valence-electron chi connectivity index (χ2n) is 7.47. The average Bonchev–Trinajstić information content (AvgIpc) is 2.72. The van der Waals surface area contributed by atoms with Gasteiger partial charge in [-0.2, -0.15) is 0 Å². The highest BCUT2D eigenvalue weighted by molar-refractivity contribution is 4.94. The van der Waals surface area contributed by atoms with Crippen LogP contribution in [0.15, 0.2) is 0 Å². The van der Waals surface area contributed by atoms with Gasteiger partial charge < -0.3 is 10.6 Å². The van der Waals surface area contributed by atoms with Crippen LogP contribution in [0.3, 0.4) is 0 Å². The zero-order valence-corrected chi connectivity index (χ0v) is 12.7. The monoisotopic (exact) mass is 264 g/mol. The third-order valence-electron chi connectivity index (χ3n) is 5.86. The first-order valence-electron chi connectivity index (χ1n) is 8.80. The summed E-state index contributed by atoms with van der Waals surface area (Å²) in [6.07, 6.45) is 14.4. The molecule has 0 aromatic rings. The summed E-state index contributed by atoms with van der Waals surface area (Å²) in [6.45, 7) is 3.64. The molecule has 0 aromatic carbocycles. The van der Waals surface area contributed by atoms with E-state index < -0.39 is 0 Å². The Labute approximate surface area is 119 Å². The van der Waals surface area contributed by atoms with E-state index in [-0.39, 0.29) is 0 Å². The number of fused-ring (bicyclic) bond motifs is 1. The van der Waals surface area contributed by atoms with Crippen molar-refractivity contribution in [3.63, 3.8) is 0 Å². The van der Waals surface area contributed by atoms with Gasteiger partial charge in [0.15, 0.2) is 0 Å². The summed E-state index contributed by atoms with van der Waals surface area (Å²) in [7, 11) is 0. The van der Waals surface area contributed by atoms with Gasteiger partial charge in [-0.25, -0.2) is 0 Å². The minimum atomic E-state index is 0.758. The second kappa shape index (κ2) is 6.58. The van der Waals surface area contributed by atoms with Crippen molar-refractivity contribution in [2.45, 2.75) is 89.3 Å². The minimum Gasteiger partial charge on any atom is -0.312 e. The van der Waals surface area contributed by atoms with Gasteiger partial charge in [-0.15, -0.1) is 0 Å². The maximum absolute atomic E-state index is 3.89. The molecule has 0 radical (unpaired) electrons. The highest BCUT2D eigenvalue weighted by atomic mass is 15.1. The molecule has 3 fully saturated rings. The third kappa shape index (κ3) is 3.72. The lowest BCUT2D eigenvalue weighted by molar-refractivity contribution is 0.325. The first-order valence-corrected chi connectivity index (χ1v) is 8.80. The molecule has 1 saturated heterocycles. The summed E-state index contributed by atoms with van der Waals surface area (Å²) in [5.74, 6) is 1.95. The molecule has 5 atom stereocenters. The van der Waals surface area contributed by atoms with Gasteiger partial charge >= 0.3 is 0 Å². The van der Waals surface area contributed by atoms with Gasteiger partial charge in [-0.1, -0.05) is 32.6 Å². The molecule has 1 heterocycles. The van der Waals surface area contributed by atoms with E-state index in [1.807, 2.05) is 0 Å². The van der Waals surface area contributed by atoms with Gasteiger partial charge in [0.1, 0.15) is 0 Å². The van der Waals surface area contributed by atoms with E-state index in [0.717, 1.165) is 30.0 Å². The van der Waals surface area contributed by atoms with Crippen molar-refractivity contribution in [3.05, 3.63) is 0 Å². The average molecular weight is 264 g/mol. The molecule has 19 heavy (non-hydrogen) atoms. The van der Waals surface area contributed by atoms with E-state index in [2.05, 4.69) is 17.6 Å². The molecule has 0 aromatic heterocycles. The molecule has 0 spiro atoms. The van der Waals surface area contributed by atoms with Crippen molar-refractivity contribution in [1.82, 2.24) is 10.6 Å². The smallest absolute Gasteiger partial charge is 0.0198 e. The van der Waals surface area contributed by atoms with E-state index in [1.54, 1.807) is 0 Å². The summed E-state index contributed by atoms with van der Waals surface area (Å²) in [5, 5.41) is 7.77. The topological polar surface area (TPSA) is 24.1 Å². The van der Waals surface area contributed by atoms with Gasteiger partial charge in [0.2, 0.25) is 0 Å². The molecule has 2 aliphatic carbocycles. The Kier molecular flexibility index (Phi) is 4.81. The summed E-state index contributed by atoms with van der Waals surface area (Å²) in [4.78, 5) is 0. The summed E-state index contributed by atoms with van der Waals surface area (Å²) in [5.41, 5.74) is 0. The molecule has 2 heteroatoms. The van der Waals surface area contributed by atoms with Crippen LogP contribution < -0.4 is 10.6 Å². The fourth-order valence-corrected chi connectivity index (χ4v) is 4.59. The van der Waals surface area contributed by atoms with Gasteiger partial charge in [0, 0.05) is 24.7 Å². The van der Waals surface area contributed by atoms with Crippen molar-refractivity contribution < 1.29 is 0 Å². The van der Waals surface area contributed by atoms with E-state index in [0.29, 0.717) is 0 Å². The summed E-state index contributed by atoms with van der Waals surface area (Å²) < 4.78 is 0. The van der Waals surface area contributed by atoms with Crippen molar-refractivity contribution in [2.75, 3.05) is 6.54 Å². The van der Waals surface area contributed by atoms with Crippen LogP contribution in [-0.4, -0.2) is 24.7 Å². The normalized spacial score (nSPS) is 43.7. The maximum atomic E-state index is 3.89. The first kappa shape index (κ1) is 13.9. The van der Waals surface area contributed by atoms with Crippen LogP contribution in [0.25, 0.3) is 0 Å². The summed E-state index contributed by atoms with van der Waals surface area (Å²) >= 11 is 0. The van der Waals surface area contributed by atoms with Crippen LogP contribution >= 0.6 is 0 Å². The second-order valence-corrected chi connectivity index (χ2v) is 7.47. The highest BCUT2D eigenvalue weighted by Crippen LogP contribution is 2.33. The lowest BCUT2D eigenvalue weighted by atomic mass is 9.85. The lowest BCUT2D eigenvalue weighted by Gasteiger charge is -2.24. The molecule has 0 bridgehead atoms. The number of nitrogens with one attached hydrogen (secondary N) is 2. The number of rotatable bonds is 3. The van der Waals surface area contributed by atoms with E-state index in [9.17, 15) is 0 Å². The van der Waals surface area contributed by atoms with Crippen LogP contribution in [-0.2, 0) is 0 Å². The SMILES string of the molecule is CC1CCCC(NCC2CC3CCCCC3N2)CC1. The van der Waals surface area contributed by atoms with Crippen molar-refractivity contribution in [2.24, 2.45) is 11.8 Å². The zero-order chi connectivity index (χ0) is 13.1. The number of hydrogen-bond donors (Lipinski definition) is 2. The van der Waals surface area contributed by atoms with E-state index in [1.165, 1.54) is 70.8 Å². The molecule has 3 aliphatic rings. The van der Waals surface area contributed by atoms with E-state index in [4.69, 9.17) is 0 Å². The Morgan fingerprint density at radius 1 is 0.947 bits per heavy atom. The van der Waals surface area contributed by atoms with Crippen molar-refractivity contribution in [1.29, 1.82) is 0 Å². The fourth-order valence-electron chi connectivity index (χ4n) is 4.59. The van der Waals surface area contributed by atoms with Crippen molar-refractivity contribution in [3.8, 4) is 0 Å². The van der Waals surface area contributed by atoms with Gasteiger partial charge in [0.05, 0.1) is 0 Å². The third-order valence-corrected chi connectivity index (χ3v) is 5.86. The van der Waals surface area contributed by atoms with Crippen LogP contribution in [0.5, 0.6) is 0 Å². The van der Waals surface area contributed by atoms with Gasteiger partial charge in [-0.05, 0) is 50.4 Å². The molecular formula is C17H32N2. The van der Waals surface area contributed by atoms with Crippen molar-refractivity contribution >= 4 is 0 Å². The molecular weight excluding hydrogens is 232 g/mol. The molecule has 3 rings (SSSR count). The first-order chi connectivity index (χ1) is 9.31. The molecule has 0 amide bonds. The Morgan fingerprint density at radius 2 is 1.84 bits per heavy atom. The molecule has 110 valence electrons. The summed E-state index contributed by atoms with van der Waals surface area (Å²) in [6, 6.07) is 2.41. The maximum Gasteiger partial charge on any atom is 0.0198 e.